The number of rotatable bonds is 13. The van der Waals surface area contributed by atoms with Crippen LogP contribution in [0, 0.1) is 6.92 Å². The molecule has 0 spiro atoms. The summed E-state index contributed by atoms with van der Waals surface area (Å²) in [5.74, 6) is -0.932. The Kier molecular flexibility index (Phi) is 12.3. The van der Waals surface area contributed by atoms with Crippen LogP contribution in [0.2, 0.25) is 10.0 Å². The summed E-state index contributed by atoms with van der Waals surface area (Å²) >= 11 is 16.2. The predicted octanol–water partition coefficient (Wildman–Crippen LogP) is 7.81. The first kappa shape index (κ1) is 35.5. The molecule has 4 aromatic carbocycles. The fourth-order valence-electron chi connectivity index (χ4n) is 4.80. The van der Waals surface area contributed by atoms with E-state index >= 15 is 0 Å². The molecule has 0 aromatic heterocycles. The molecule has 46 heavy (non-hydrogen) atoms. The van der Waals surface area contributed by atoms with E-state index in [2.05, 4.69) is 21.2 Å². The van der Waals surface area contributed by atoms with Gasteiger partial charge in [0.1, 0.15) is 12.6 Å². The molecule has 242 valence electrons. The molecule has 0 aliphatic rings. The van der Waals surface area contributed by atoms with Crippen molar-refractivity contribution in [2.45, 2.75) is 57.1 Å². The van der Waals surface area contributed by atoms with Gasteiger partial charge in [0.05, 0.1) is 10.6 Å². The molecule has 4 aromatic rings. The van der Waals surface area contributed by atoms with E-state index < -0.39 is 28.5 Å². The van der Waals surface area contributed by atoms with Crippen LogP contribution in [0.3, 0.4) is 0 Å². The lowest BCUT2D eigenvalue weighted by Gasteiger charge is -2.34. The van der Waals surface area contributed by atoms with Crippen LogP contribution in [0.1, 0.15) is 37.0 Å². The average molecular weight is 746 g/mol. The normalized spacial score (nSPS) is 12.7. The summed E-state index contributed by atoms with van der Waals surface area (Å²) in [6, 6.07) is 26.3. The highest BCUT2D eigenvalue weighted by Gasteiger charge is 2.35. The lowest BCUT2D eigenvalue weighted by molar-refractivity contribution is -0.140. The number of anilines is 1. The van der Waals surface area contributed by atoms with Crippen molar-refractivity contribution in [1.29, 1.82) is 0 Å². The van der Waals surface area contributed by atoms with Crippen LogP contribution in [0.25, 0.3) is 0 Å². The van der Waals surface area contributed by atoms with E-state index in [0.29, 0.717) is 27.7 Å². The Morgan fingerprint density at radius 2 is 1.57 bits per heavy atom. The Morgan fingerprint density at radius 3 is 2.17 bits per heavy atom. The first-order valence-corrected chi connectivity index (χ1v) is 17.8. The molecule has 1 N–H and O–H groups in total. The van der Waals surface area contributed by atoms with Crippen molar-refractivity contribution in [2.24, 2.45) is 0 Å². The summed E-state index contributed by atoms with van der Waals surface area (Å²) in [6.45, 7) is 5.09. The monoisotopic (exact) mass is 743 g/mol. The minimum absolute atomic E-state index is 0.0384. The fourth-order valence-corrected chi connectivity index (χ4v) is 6.95. The van der Waals surface area contributed by atoms with Gasteiger partial charge in [0.25, 0.3) is 10.0 Å². The molecule has 4 rings (SSSR count). The molecule has 2 amide bonds. The lowest BCUT2D eigenvalue weighted by Crippen LogP contribution is -2.54. The van der Waals surface area contributed by atoms with E-state index in [1.54, 1.807) is 54.6 Å². The highest BCUT2D eigenvalue weighted by atomic mass is 79.9. The molecule has 7 nitrogen and oxygen atoms in total. The second kappa shape index (κ2) is 16.0. The summed E-state index contributed by atoms with van der Waals surface area (Å²) in [5, 5.41) is 3.77. The lowest BCUT2D eigenvalue weighted by atomic mass is 10.0. The summed E-state index contributed by atoms with van der Waals surface area (Å²) in [6.07, 6.45) is 0.885. The van der Waals surface area contributed by atoms with Crippen molar-refractivity contribution in [3.05, 3.63) is 128 Å². The number of aryl methyl sites for hydroxylation is 1. The quantitative estimate of drug-likeness (QED) is 0.151. The van der Waals surface area contributed by atoms with E-state index in [9.17, 15) is 18.0 Å². The zero-order valence-electron chi connectivity index (χ0n) is 25.8. The number of carbonyl (C=O) groups is 2. The molecule has 0 aliphatic heterocycles. The standard InChI is InChI=1S/C35H36BrCl2N3O4S/c1-4-25(3)39-35(43)33(20-26-8-6-5-7-9-26)40(22-27-12-15-29(37)21-32(27)38)34(42)23-41(30-16-13-28(36)14-17-30)46(44,45)31-18-10-24(2)11-19-31/h5-19,21,25,33H,4,20,22-23H2,1-3H3,(H,39,43)/t25-,33-/m1/s1. The van der Waals surface area contributed by atoms with E-state index in [-0.39, 0.29) is 29.8 Å². The molecular formula is C35H36BrCl2N3O4S. The van der Waals surface area contributed by atoms with Crippen LogP contribution in [0.4, 0.5) is 5.69 Å². The van der Waals surface area contributed by atoms with Gasteiger partial charge in [-0.25, -0.2) is 8.42 Å². The van der Waals surface area contributed by atoms with Crippen LogP contribution < -0.4 is 9.62 Å². The maximum atomic E-state index is 14.6. The molecule has 2 atom stereocenters. The van der Waals surface area contributed by atoms with Crippen molar-refractivity contribution in [3.8, 4) is 0 Å². The molecule has 0 heterocycles. The van der Waals surface area contributed by atoms with E-state index in [4.69, 9.17) is 23.2 Å². The van der Waals surface area contributed by atoms with Crippen LogP contribution in [-0.4, -0.2) is 43.8 Å². The van der Waals surface area contributed by atoms with Gasteiger partial charge in [0.2, 0.25) is 11.8 Å². The van der Waals surface area contributed by atoms with Crippen molar-refractivity contribution in [3.63, 3.8) is 0 Å². The Labute approximate surface area is 289 Å². The number of nitrogens with zero attached hydrogens (tertiary/aromatic N) is 2. The molecule has 0 saturated carbocycles. The first-order valence-electron chi connectivity index (χ1n) is 14.8. The minimum atomic E-state index is -4.20. The van der Waals surface area contributed by atoms with Crippen LogP contribution in [0.5, 0.6) is 0 Å². The molecule has 0 radical (unpaired) electrons. The SMILES string of the molecule is CC[C@@H](C)NC(=O)[C@@H](Cc1ccccc1)N(Cc1ccc(Cl)cc1Cl)C(=O)CN(c1ccc(Br)cc1)S(=O)(=O)c1ccc(C)cc1. The summed E-state index contributed by atoms with van der Waals surface area (Å²) in [7, 11) is -4.20. The number of carbonyl (C=O) groups excluding carboxylic acids is 2. The number of amides is 2. The van der Waals surface area contributed by atoms with Gasteiger partial charge in [-0.1, -0.05) is 100 Å². The zero-order chi connectivity index (χ0) is 33.4. The number of hydrogen-bond acceptors (Lipinski definition) is 4. The van der Waals surface area contributed by atoms with Gasteiger partial charge in [-0.15, -0.1) is 0 Å². The molecule has 0 aliphatic carbocycles. The fraction of sp³-hybridized carbons (Fsp3) is 0.257. The molecule has 11 heteroatoms. The Morgan fingerprint density at radius 1 is 0.913 bits per heavy atom. The molecule has 0 fully saturated rings. The second-order valence-corrected chi connectivity index (χ2v) is 14.7. The number of halogens is 3. The number of sulfonamides is 1. The summed E-state index contributed by atoms with van der Waals surface area (Å²) < 4.78 is 30.1. The van der Waals surface area contributed by atoms with Gasteiger partial charge in [-0.3, -0.25) is 13.9 Å². The maximum Gasteiger partial charge on any atom is 0.264 e. The van der Waals surface area contributed by atoms with Gasteiger partial charge >= 0.3 is 0 Å². The van der Waals surface area contributed by atoms with Crippen molar-refractivity contribution < 1.29 is 18.0 Å². The number of nitrogens with one attached hydrogen (secondary N) is 1. The van der Waals surface area contributed by atoms with Crippen molar-refractivity contribution >= 4 is 66.7 Å². The molecule has 0 saturated heterocycles. The average Bonchev–Trinajstić information content (AvgIpc) is 3.03. The zero-order valence-corrected chi connectivity index (χ0v) is 29.7. The third-order valence-electron chi connectivity index (χ3n) is 7.63. The van der Waals surface area contributed by atoms with Gasteiger partial charge in [-0.2, -0.15) is 0 Å². The van der Waals surface area contributed by atoms with Gasteiger partial charge < -0.3 is 10.2 Å². The highest BCUT2D eigenvalue weighted by Crippen LogP contribution is 2.28. The number of hydrogen-bond donors (Lipinski definition) is 1. The second-order valence-electron chi connectivity index (χ2n) is 11.1. The van der Waals surface area contributed by atoms with Gasteiger partial charge in [-0.05, 0) is 79.9 Å². The molecule has 0 bridgehead atoms. The summed E-state index contributed by atoms with van der Waals surface area (Å²) in [5.41, 5.74) is 2.59. The third kappa shape index (κ3) is 9.12. The van der Waals surface area contributed by atoms with Gasteiger partial charge in [0, 0.05) is 33.5 Å². The van der Waals surface area contributed by atoms with Crippen molar-refractivity contribution in [2.75, 3.05) is 10.8 Å². The number of benzene rings is 4. The Bertz CT molecular complexity index is 1760. The third-order valence-corrected chi connectivity index (χ3v) is 10.5. The van der Waals surface area contributed by atoms with Crippen LogP contribution >= 0.6 is 39.1 Å². The molecule has 0 unspecified atom stereocenters. The Hall–Kier alpha value is -3.37. The Balaban J connectivity index is 1.82. The maximum absolute atomic E-state index is 14.6. The summed E-state index contributed by atoms with van der Waals surface area (Å²) in [4.78, 5) is 30.0. The predicted molar refractivity (Wildman–Crippen MR) is 189 cm³/mol. The first-order chi connectivity index (χ1) is 21.9. The largest absolute Gasteiger partial charge is 0.352 e. The van der Waals surface area contributed by atoms with Crippen LogP contribution in [0.15, 0.2) is 106 Å². The van der Waals surface area contributed by atoms with E-state index in [0.717, 1.165) is 19.9 Å². The van der Waals surface area contributed by atoms with Crippen LogP contribution in [-0.2, 0) is 32.6 Å². The van der Waals surface area contributed by atoms with Crippen molar-refractivity contribution in [1.82, 2.24) is 10.2 Å². The molecular weight excluding hydrogens is 709 g/mol. The topological polar surface area (TPSA) is 86.8 Å². The van der Waals surface area contributed by atoms with Gasteiger partial charge in [0.15, 0.2) is 0 Å². The highest BCUT2D eigenvalue weighted by molar-refractivity contribution is 9.10. The smallest absolute Gasteiger partial charge is 0.264 e. The van der Waals surface area contributed by atoms with E-state index in [1.807, 2.05) is 51.1 Å². The minimum Gasteiger partial charge on any atom is -0.352 e. The van der Waals surface area contributed by atoms with E-state index in [1.165, 1.54) is 17.0 Å².